The Labute approximate surface area is 123 Å². The van der Waals surface area contributed by atoms with Crippen LogP contribution in [0.15, 0.2) is 60.8 Å². The summed E-state index contributed by atoms with van der Waals surface area (Å²) in [6.07, 6.45) is 1.81. The van der Waals surface area contributed by atoms with E-state index < -0.39 is 0 Å². The van der Waals surface area contributed by atoms with E-state index in [1.54, 1.807) is 12.1 Å². The summed E-state index contributed by atoms with van der Waals surface area (Å²) in [5.41, 5.74) is 3.11. The molecule has 1 aromatic heterocycles. The second kappa shape index (κ2) is 6.02. The van der Waals surface area contributed by atoms with Crippen molar-refractivity contribution in [1.82, 2.24) is 10.3 Å². The lowest BCUT2D eigenvalue weighted by Gasteiger charge is -2.15. The van der Waals surface area contributed by atoms with Gasteiger partial charge >= 0.3 is 0 Å². The topological polar surface area (TPSA) is 24.9 Å². The molecule has 0 fully saturated rings. The number of benzene rings is 2. The third kappa shape index (κ3) is 3.09. The zero-order chi connectivity index (χ0) is 14.7. The molecule has 1 atom stereocenters. The van der Waals surface area contributed by atoms with Gasteiger partial charge in [0.05, 0.1) is 5.52 Å². The molecule has 2 aromatic carbocycles. The van der Waals surface area contributed by atoms with Crippen molar-refractivity contribution >= 4 is 10.9 Å². The van der Waals surface area contributed by atoms with E-state index in [2.05, 4.69) is 28.5 Å². The molecule has 0 bridgehead atoms. The molecule has 0 aliphatic carbocycles. The van der Waals surface area contributed by atoms with Crippen molar-refractivity contribution < 1.29 is 4.39 Å². The number of nitrogens with one attached hydrogen (secondary N) is 1. The van der Waals surface area contributed by atoms with E-state index in [0.717, 1.165) is 22.0 Å². The molecule has 0 saturated heterocycles. The second-order valence-corrected chi connectivity index (χ2v) is 5.15. The van der Waals surface area contributed by atoms with Gasteiger partial charge in [0, 0.05) is 24.2 Å². The first kappa shape index (κ1) is 13.7. The van der Waals surface area contributed by atoms with Crippen molar-refractivity contribution in [3.05, 3.63) is 77.7 Å². The Balaban J connectivity index is 1.77. The normalized spacial score (nSPS) is 12.5. The minimum atomic E-state index is -0.201. The van der Waals surface area contributed by atoms with Gasteiger partial charge in [0.25, 0.3) is 0 Å². The molecule has 0 aliphatic rings. The highest BCUT2D eigenvalue weighted by Crippen LogP contribution is 2.18. The maximum Gasteiger partial charge on any atom is 0.123 e. The number of hydrogen-bond donors (Lipinski definition) is 1. The van der Waals surface area contributed by atoms with Crippen molar-refractivity contribution in [3.8, 4) is 0 Å². The first-order valence-electron chi connectivity index (χ1n) is 7.05. The molecule has 0 radical (unpaired) electrons. The number of rotatable bonds is 4. The molecule has 0 amide bonds. The van der Waals surface area contributed by atoms with Gasteiger partial charge in [0.15, 0.2) is 0 Å². The Kier molecular flexibility index (Phi) is 3.93. The summed E-state index contributed by atoms with van der Waals surface area (Å²) in [5, 5.41) is 4.56. The van der Waals surface area contributed by atoms with Crippen molar-refractivity contribution in [2.75, 3.05) is 0 Å². The van der Waals surface area contributed by atoms with Gasteiger partial charge in [0.1, 0.15) is 5.82 Å². The largest absolute Gasteiger partial charge is 0.306 e. The van der Waals surface area contributed by atoms with E-state index in [1.807, 2.05) is 31.3 Å². The van der Waals surface area contributed by atoms with Gasteiger partial charge in [0.2, 0.25) is 0 Å². The number of halogens is 1. The molecule has 0 spiro atoms. The summed E-state index contributed by atoms with van der Waals surface area (Å²) in [7, 11) is 0. The Hall–Kier alpha value is -2.26. The van der Waals surface area contributed by atoms with Crippen LogP contribution in [0.2, 0.25) is 0 Å². The number of fused-ring (bicyclic) bond motifs is 1. The van der Waals surface area contributed by atoms with Crippen LogP contribution in [0.3, 0.4) is 0 Å². The fourth-order valence-corrected chi connectivity index (χ4v) is 2.47. The van der Waals surface area contributed by atoms with Crippen LogP contribution in [0.5, 0.6) is 0 Å². The van der Waals surface area contributed by atoms with E-state index in [-0.39, 0.29) is 11.9 Å². The van der Waals surface area contributed by atoms with E-state index in [9.17, 15) is 4.39 Å². The van der Waals surface area contributed by atoms with Crippen LogP contribution in [-0.2, 0) is 6.54 Å². The quantitative estimate of drug-likeness (QED) is 0.773. The minimum Gasteiger partial charge on any atom is -0.306 e. The van der Waals surface area contributed by atoms with Gasteiger partial charge in [-0.15, -0.1) is 0 Å². The molecule has 3 heteroatoms. The van der Waals surface area contributed by atoms with Crippen LogP contribution in [0, 0.1) is 5.82 Å². The number of hydrogen-bond acceptors (Lipinski definition) is 2. The summed E-state index contributed by atoms with van der Waals surface area (Å²) in [6, 6.07) is 16.9. The van der Waals surface area contributed by atoms with E-state index >= 15 is 0 Å². The fourth-order valence-electron chi connectivity index (χ4n) is 2.47. The summed E-state index contributed by atoms with van der Waals surface area (Å²) >= 11 is 0. The highest BCUT2D eigenvalue weighted by atomic mass is 19.1. The molecule has 0 saturated carbocycles. The fraction of sp³-hybridized carbons (Fsp3) is 0.167. The average molecular weight is 280 g/mol. The summed E-state index contributed by atoms with van der Waals surface area (Å²) in [5.74, 6) is -0.201. The van der Waals surface area contributed by atoms with E-state index in [1.165, 1.54) is 6.07 Å². The van der Waals surface area contributed by atoms with Crippen LogP contribution >= 0.6 is 0 Å². The van der Waals surface area contributed by atoms with Gasteiger partial charge in [-0.2, -0.15) is 0 Å². The van der Waals surface area contributed by atoms with Gasteiger partial charge in [-0.1, -0.05) is 36.4 Å². The predicted octanol–water partition coefficient (Wildman–Crippen LogP) is 4.22. The molecule has 1 heterocycles. The van der Waals surface area contributed by atoms with Crippen LogP contribution < -0.4 is 5.32 Å². The van der Waals surface area contributed by atoms with Gasteiger partial charge in [-0.05, 0) is 36.2 Å². The van der Waals surface area contributed by atoms with Crippen LogP contribution in [-0.4, -0.2) is 4.98 Å². The van der Waals surface area contributed by atoms with Crippen LogP contribution in [0.4, 0.5) is 4.39 Å². The summed E-state index contributed by atoms with van der Waals surface area (Å²) < 4.78 is 13.3. The number of aromatic nitrogens is 1. The standard InChI is InChI=1S/C18H17FN2/c1-13(15-6-3-9-17(19)11-15)21-12-16-7-2-5-14-8-4-10-20-18(14)16/h2-11,13,21H,12H2,1H3/t13-/m1/s1. The predicted molar refractivity (Wildman–Crippen MR) is 83.4 cm³/mol. The number of para-hydroxylation sites is 1. The summed E-state index contributed by atoms with van der Waals surface area (Å²) in [6.45, 7) is 2.74. The molecule has 106 valence electrons. The van der Waals surface area contributed by atoms with E-state index in [0.29, 0.717) is 6.54 Å². The molecule has 3 aromatic rings. The lowest BCUT2D eigenvalue weighted by molar-refractivity contribution is 0.566. The second-order valence-electron chi connectivity index (χ2n) is 5.15. The SMILES string of the molecule is C[C@@H](NCc1cccc2cccnc12)c1cccc(F)c1. The first-order valence-corrected chi connectivity index (χ1v) is 7.05. The maximum absolute atomic E-state index is 13.3. The molecule has 0 unspecified atom stereocenters. The monoisotopic (exact) mass is 280 g/mol. The molecule has 2 nitrogen and oxygen atoms in total. The van der Waals surface area contributed by atoms with E-state index in [4.69, 9.17) is 0 Å². The molecule has 3 rings (SSSR count). The molecular weight excluding hydrogens is 263 g/mol. The highest BCUT2D eigenvalue weighted by Gasteiger charge is 2.07. The van der Waals surface area contributed by atoms with Crippen molar-refractivity contribution in [2.24, 2.45) is 0 Å². The lowest BCUT2D eigenvalue weighted by Crippen LogP contribution is -2.18. The maximum atomic E-state index is 13.3. The highest BCUT2D eigenvalue weighted by molar-refractivity contribution is 5.81. The molecule has 21 heavy (non-hydrogen) atoms. The van der Waals surface area contributed by atoms with Crippen molar-refractivity contribution in [3.63, 3.8) is 0 Å². The number of pyridine rings is 1. The third-order valence-electron chi connectivity index (χ3n) is 3.66. The Bertz CT molecular complexity index is 750. The van der Waals surface area contributed by atoms with Crippen LogP contribution in [0.25, 0.3) is 10.9 Å². The minimum absolute atomic E-state index is 0.0830. The molecular formula is C18H17FN2. The Morgan fingerprint density at radius 1 is 1.10 bits per heavy atom. The number of nitrogens with zero attached hydrogens (tertiary/aromatic N) is 1. The van der Waals surface area contributed by atoms with Crippen LogP contribution in [0.1, 0.15) is 24.1 Å². The van der Waals surface area contributed by atoms with Crippen molar-refractivity contribution in [2.45, 2.75) is 19.5 Å². The first-order chi connectivity index (χ1) is 10.2. The van der Waals surface area contributed by atoms with Gasteiger partial charge < -0.3 is 5.32 Å². The molecule has 1 N–H and O–H groups in total. The smallest absolute Gasteiger partial charge is 0.123 e. The third-order valence-corrected chi connectivity index (χ3v) is 3.66. The van der Waals surface area contributed by atoms with Crippen molar-refractivity contribution in [1.29, 1.82) is 0 Å². The Morgan fingerprint density at radius 3 is 2.76 bits per heavy atom. The average Bonchev–Trinajstić information content (AvgIpc) is 2.52. The zero-order valence-corrected chi connectivity index (χ0v) is 11.9. The van der Waals surface area contributed by atoms with Gasteiger partial charge in [-0.3, -0.25) is 4.98 Å². The summed E-state index contributed by atoms with van der Waals surface area (Å²) in [4.78, 5) is 4.45. The Morgan fingerprint density at radius 2 is 1.90 bits per heavy atom. The lowest BCUT2D eigenvalue weighted by atomic mass is 10.1. The molecule has 0 aliphatic heterocycles. The van der Waals surface area contributed by atoms with Gasteiger partial charge in [-0.25, -0.2) is 4.39 Å². The zero-order valence-electron chi connectivity index (χ0n) is 11.9.